The van der Waals surface area contributed by atoms with Crippen LogP contribution in [0.5, 0.6) is 0 Å². The highest BCUT2D eigenvalue weighted by Gasteiger charge is 2.31. The lowest BCUT2D eigenvalue weighted by molar-refractivity contribution is -0.139. The molecule has 0 heterocycles. The lowest BCUT2D eigenvalue weighted by Crippen LogP contribution is -2.53. The number of carbonyl (C=O) groups excluding carboxylic acids is 2. The Balaban J connectivity index is 2.34. The van der Waals surface area contributed by atoms with Crippen LogP contribution in [-0.2, 0) is 26.0 Å². The minimum Gasteiger partial charge on any atom is -0.355 e. The number of likely N-dealkylation sites (N-methyl/N-ethyl adjacent to an activating group) is 1. The molecule has 0 aliphatic heterocycles. The summed E-state index contributed by atoms with van der Waals surface area (Å²) in [5.41, 5.74) is 1.31. The van der Waals surface area contributed by atoms with E-state index in [1.807, 2.05) is 44.2 Å². The van der Waals surface area contributed by atoms with E-state index >= 15 is 0 Å². The third kappa shape index (κ3) is 7.24. The molecule has 0 aliphatic rings. The Morgan fingerprint density at radius 2 is 1.75 bits per heavy atom. The van der Waals surface area contributed by atoms with Gasteiger partial charge in [0, 0.05) is 18.1 Å². The van der Waals surface area contributed by atoms with Crippen LogP contribution in [0.3, 0.4) is 0 Å². The average molecular weight is 480 g/mol. The average Bonchev–Trinajstić information content (AvgIpc) is 2.74. The fourth-order valence-corrected chi connectivity index (χ4v) is 4.46. The minimum atomic E-state index is -3.77. The first kappa shape index (κ1) is 25.7. The zero-order chi connectivity index (χ0) is 23.7. The van der Waals surface area contributed by atoms with E-state index in [9.17, 15) is 18.0 Å². The molecule has 0 aliphatic carbocycles. The molecular weight excluding hydrogens is 450 g/mol. The fraction of sp³-hybridized carbons (Fsp3) is 0.391. The van der Waals surface area contributed by atoms with Gasteiger partial charge < -0.3 is 10.2 Å². The van der Waals surface area contributed by atoms with E-state index in [1.165, 1.54) is 11.0 Å². The molecule has 2 aromatic carbocycles. The number of benzene rings is 2. The number of anilines is 1. The molecule has 1 unspecified atom stereocenters. The second-order valence-corrected chi connectivity index (χ2v) is 9.73. The maximum atomic E-state index is 13.4. The molecule has 0 fully saturated rings. The first-order valence-electron chi connectivity index (χ1n) is 10.5. The van der Waals surface area contributed by atoms with Gasteiger partial charge in [-0.1, -0.05) is 54.9 Å². The van der Waals surface area contributed by atoms with Gasteiger partial charge in [-0.3, -0.25) is 13.9 Å². The molecule has 0 aromatic heterocycles. The summed E-state index contributed by atoms with van der Waals surface area (Å²) in [6, 6.07) is 15.2. The number of halogens is 1. The summed E-state index contributed by atoms with van der Waals surface area (Å²) in [7, 11) is -3.77. The van der Waals surface area contributed by atoms with Gasteiger partial charge in [-0.25, -0.2) is 8.42 Å². The van der Waals surface area contributed by atoms with Crippen molar-refractivity contribution in [3.63, 3.8) is 0 Å². The van der Waals surface area contributed by atoms with Crippen LogP contribution in [0.2, 0.25) is 5.02 Å². The molecule has 9 heteroatoms. The quantitative estimate of drug-likeness (QED) is 0.536. The standard InChI is InChI=1S/C23H30ClN3O4S/c1-4-21(23(29)25-5-2)26(15-14-18-10-7-6-8-11-18)22(28)17-27(32(3,30)31)20-13-9-12-19(24)16-20/h6-13,16,21H,4-5,14-15,17H2,1-3H3,(H,25,29). The highest BCUT2D eigenvalue weighted by atomic mass is 35.5. The summed E-state index contributed by atoms with van der Waals surface area (Å²) in [6.07, 6.45) is 1.98. The highest BCUT2D eigenvalue weighted by Crippen LogP contribution is 2.22. The molecule has 2 amide bonds. The van der Waals surface area contributed by atoms with Crippen LogP contribution >= 0.6 is 11.6 Å². The predicted molar refractivity (Wildman–Crippen MR) is 128 cm³/mol. The number of sulfonamides is 1. The van der Waals surface area contributed by atoms with Gasteiger partial charge in [0.2, 0.25) is 21.8 Å². The van der Waals surface area contributed by atoms with Crippen molar-refractivity contribution in [2.45, 2.75) is 32.7 Å². The number of hydrogen-bond donors (Lipinski definition) is 1. The second-order valence-electron chi connectivity index (χ2n) is 7.39. The van der Waals surface area contributed by atoms with Crippen LogP contribution in [0.25, 0.3) is 0 Å². The molecule has 1 N–H and O–H groups in total. The van der Waals surface area contributed by atoms with Crippen molar-refractivity contribution in [3.05, 3.63) is 65.2 Å². The van der Waals surface area contributed by atoms with Crippen LogP contribution in [0.4, 0.5) is 5.69 Å². The summed E-state index contributed by atoms with van der Waals surface area (Å²) >= 11 is 6.04. The van der Waals surface area contributed by atoms with Crippen molar-refractivity contribution in [1.82, 2.24) is 10.2 Å². The van der Waals surface area contributed by atoms with Crippen LogP contribution in [-0.4, -0.2) is 57.1 Å². The predicted octanol–water partition coefficient (Wildman–Crippen LogP) is 3.09. The maximum Gasteiger partial charge on any atom is 0.244 e. The molecule has 174 valence electrons. The first-order chi connectivity index (χ1) is 15.2. The van der Waals surface area contributed by atoms with Crippen LogP contribution in [0.15, 0.2) is 54.6 Å². The smallest absolute Gasteiger partial charge is 0.244 e. The van der Waals surface area contributed by atoms with Crippen molar-refractivity contribution >= 4 is 39.1 Å². The number of nitrogens with zero attached hydrogens (tertiary/aromatic N) is 2. The summed E-state index contributed by atoms with van der Waals surface area (Å²) in [4.78, 5) is 27.5. The minimum absolute atomic E-state index is 0.259. The van der Waals surface area contributed by atoms with E-state index in [4.69, 9.17) is 11.6 Å². The van der Waals surface area contributed by atoms with Gasteiger partial charge in [0.25, 0.3) is 0 Å². The molecule has 7 nitrogen and oxygen atoms in total. The van der Waals surface area contributed by atoms with Crippen LogP contribution < -0.4 is 9.62 Å². The van der Waals surface area contributed by atoms with Crippen molar-refractivity contribution in [3.8, 4) is 0 Å². The van der Waals surface area contributed by atoms with Crippen molar-refractivity contribution in [2.24, 2.45) is 0 Å². The van der Waals surface area contributed by atoms with E-state index < -0.39 is 28.5 Å². The zero-order valence-electron chi connectivity index (χ0n) is 18.6. The number of hydrogen-bond acceptors (Lipinski definition) is 4. The van der Waals surface area contributed by atoms with Gasteiger partial charge in [-0.2, -0.15) is 0 Å². The normalized spacial score (nSPS) is 12.1. The van der Waals surface area contributed by atoms with Crippen LogP contribution in [0, 0.1) is 0 Å². The number of amides is 2. The molecule has 2 aromatic rings. The molecule has 0 saturated heterocycles. The molecular formula is C23H30ClN3O4S. The van der Waals surface area contributed by atoms with Crippen LogP contribution in [0.1, 0.15) is 25.8 Å². The monoisotopic (exact) mass is 479 g/mol. The van der Waals surface area contributed by atoms with Gasteiger partial charge in [0.1, 0.15) is 12.6 Å². The van der Waals surface area contributed by atoms with Crippen molar-refractivity contribution in [2.75, 3.05) is 30.2 Å². The molecule has 0 spiro atoms. The summed E-state index contributed by atoms with van der Waals surface area (Å²) in [5.74, 6) is -0.713. The Hall–Kier alpha value is -2.58. The van der Waals surface area contributed by atoms with E-state index in [-0.39, 0.29) is 12.5 Å². The Labute approximate surface area is 195 Å². The fourth-order valence-electron chi connectivity index (χ4n) is 3.43. The van der Waals surface area contributed by atoms with Gasteiger partial charge >= 0.3 is 0 Å². The van der Waals surface area contributed by atoms with E-state index in [0.29, 0.717) is 30.1 Å². The first-order valence-corrected chi connectivity index (χ1v) is 12.7. The van der Waals surface area contributed by atoms with E-state index in [0.717, 1.165) is 16.1 Å². The second kappa shape index (κ2) is 11.9. The van der Waals surface area contributed by atoms with Gasteiger partial charge in [0.15, 0.2) is 0 Å². The van der Waals surface area contributed by atoms with Gasteiger partial charge in [-0.15, -0.1) is 0 Å². The van der Waals surface area contributed by atoms with E-state index in [2.05, 4.69) is 5.32 Å². The van der Waals surface area contributed by atoms with Gasteiger partial charge in [0.05, 0.1) is 11.9 Å². The SMILES string of the molecule is CCNC(=O)C(CC)N(CCc1ccccc1)C(=O)CN(c1cccc(Cl)c1)S(C)(=O)=O. The van der Waals surface area contributed by atoms with E-state index in [1.54, 1.807) is 18.2 Å². The topological polar surface area (TPSA) is 86.8 Å². The largest absolute Gasteiger partial charge is 0.355 e. The third-order valence-corrected chi connectivity index (χ3v) is 6.37. The molecule has 0 saturated carbocycles. The Kier molecular flexibility index (Phi) is 9.53. The number of rotatable bonds is 11. The van der Waals surface area contributed by atoms with Gasteiger partial charge in [-0.05, 0) is 43.5 Å². The summed E-state index contributed by atoms with van der Waals surface area (Å²) < 4.78 is 26.0. The Bertz CT molecular complexity index is 1010. The van der Waals surface area contributed by atoms with Crippen molar-refractivity contribution < 1.29 is 18.0 Å². The molecule has 0 bridgehead atoms. The zero-order valence-corrected chi connectivity index (χ0v) is 20.2. The highest BCUT2D eigenvalue weighted by molar-refractivity contribution is 7.92. The summed E-state index contributed by atoms with van der Waals surface area (Å²) in [5, 5.41) is 3.13. The number of nitrogens with one attached hydrogen (secondary N) is 1. The number of carbonyl (C=O) groups is 2. The third-order valence-electron chi connectivity index (χ3n) is 5.00. The van der Waals surface area contributed by atoms with Crippen molar-refractivity contribution in [1.29, 1.82) is 0 Å². The Morgan fingerprint density at radius 1 is 1.06 bits per heavy atom. The lowest BCUT2D eigenvalue weighted by Gasteiger charge is -2.32. The molecule has 0 radical (unpaired) electrons. The maximum absolute atomic E-state index is 13.4. The molecule has 2 rings (SSSR count). The Morgan fingerprint density at radius 3 is 2.31 bits per heavy atom. The molecule has 1 atom stereocenters. The lowest BCUT2D eigenvalue weighted by atomic mass is 10.1. The molecule has 32 heavy (non-hydrogen) atoms. The summed E-state index contributed by atoms with van der Waals surface area (Å²) in [6.45, 7) is 3.93.